The first-order valence-electron chi connectivity index (χ1n) is 6.76. The Bertz CT molecular complexity index is 423. The van der Waals surface area contributed by atoms with Gasteiger partial charge in [-0.3, -0.25) is 4.79 Å². The van der Waals surface area contributed by atoms with Gasteiger partial charge in [-0.2, -0.15) is 0 Å². The van der Waals surface area contributed by atoms with Gasteiger partial charge in [-0.05, 0) is 24.0 Å². The normalized spacial score (nSPS) is 12.4. The Morgan fingerprint density at radius 3 is 2.75 bits per heavy atom. The van der Waals surface area contributed by atoms with E-state index in [0.29, 0.717) is 24.6 Å². The Morgan fingerprint density at radius 2 is 2.10 bits per heavy atom. The summed E-state index contributed by atoms with van der Waals surface area (Å²) in [7, 11) is 0. The van der Waals surface area contributed by atoms with Crippen molar-refractivity contribution in [2.45, 2.75) is 33.0 Å². The van der Waals surface area contributed by atoms with Crippen LogP contribution in [0.15, 0.2) is 24.3 Å². The molecular formula is C15H22ClNO3. The number of nitrogens with one attached hydrogen (secondary N) is 1. The van der Waals surface area contributed by atoms with Gasteiger partial charge in [0.25, 0.3) is 0 Å². The van der Waals surface area contributed by atoms with Gasteiger partial charge < -0.3 is 15.2 Å². The number of benzene rings is 1. The maximum Gasteiger partial charge on any atom is 0.246 e. The molecule has 0 saturated carbocycles. The number of carbonyl (C=O) groups excluding carboxylic acids is 1. The highest BCUT2D eigenvalue weighted by Crippen LogP contribution is 2.15. The fraction of sp³-hybridized carbons (Fsp3) is 0.533. The Morgan fingerprint density at radius 1 is 1.40 bits per heavy atom. The summed E-state index contributed by atoms with van der Waals surface area (Å²) in [6, 6.07) is 7.36. The standard InChI is InChI=1S/C15H22ClNO3/c1-11(2)14(18)7-8-17-15(19)10-20-9-12-5-3-4-6-13(12)16/h3-6,11,14,18H,7-10H2,1-2H3,(H,17,19). The summed E-state index contributed by atoms with van der Waals surface area (Å²) in [6.45, 7) is 4.64. The molecule has 0 bridgehead atoms. The van der Waals surface area contributed by atoms with Crippen LogP contribution in [0.5, 0.6) is 0 Å². The third-order valence-corrected chi connectivity index (χ3v) is 3.35. The monoisotopic (exact) mass is 299 g/mol. The van der Waals surface area contributed by atoms with E-state index >= 15 is 0 Å². The molecule has 112 valence electrons. The zero-order valence-electron chi connectivity index (χ0n) is 11.9. The molecule has 1 amide bonds. The lowest BCUT2D eigenvalue weighted by Crippen LogP contribution is -2.31. The minimum atomic E-state index is -0.389. The van der Waals surface area contributed by atoms with E-state index in [1.54, 1.807) is 6.07 Å². The van der Waals surface area contributed by atoms with E-state index in [1.807, 2.05) is 32.0 Å². The number of amides is 1. The first-order chi connectivity index (χ1) is 9.50. The Hall–Kier alpha value is -1.10. The molecule has 0 radical (unpaired) electrons. The summed E-state index contributed by atoms with van der Waals surface area (Å²) in [5, 5.41) is 12.9. The molecule has 0 spiro atoms. The van der Waals surface area contributed by atoms with Crippen molar-refractivity contribution in [3.63, 3.8) is 0 Å². The Balaban J connectivity index is 2.16. The van der Waals surface area contributed by atoms with Crippen LogP contribution in [-0.4, -0.2) is 30.3 Å². The SMILES string of the molecule is CC(C)C(O)CCNC(=O)COCc1ccccc1Cl. The first kappa shape index (κ1) is 17.0. The van der Waals surface area contributed by atoms with Gasteiger partial charge in [0, 0.05) is 11.6 Å². The Labute approximate surface area is 125 Å². The molecule has 5 heteroatoms. The molecule has 1 atom stereocenters. The van der Waals surface area contributed by atoms with E-state index in [2.05, 4.69) is 5.32 Å². The molecule has 2 N–H and O–H groups in total. The van der Waals surface area contributed by atoms with Gasteiger partial charge >= 0.3 is 0 Å². The lowest BCUT2D eigenvalue weighted by molar-refractivity contribution is -0.126. The van der Waals surface area contributed by atoms with Crippen LogP contribution in [0.25, 0.3) is 0 Å². The van der Waals surface area contributed by atoms with Gasteiger partial charge in [0.1, 0.15) is 6.61 Å². The highest BCUT2D eigenvalue weighted by atomic mass is 35.5. The van der Waals surface area contributed by atoms with Crippen molar-refractivity contribution < 1.29 is 14.6 Å². The zero-order chi connectivity index (χ0) is 15.0. The largest absolute Gasteiger partial charge is 0.393 e. The topological polar surface area (TPSA) is 58.6 Å². The van der Waals surface area contributed by atoms with Crippen LogP contribution in [0.2, 0.25) is 5.02 Å². The molecule has 1 rings (SSSR count). The number of ether oxygens (including phenoxy) is 1. The van der Waals surface area contributed by atoms with Crippen LogP contribution < -0.4 is 5.32 Å². The molecule has 1 aromatic rings. The molecule has 20 heavy (non-hydrogen) atoms. The smallest absolute Gasteiger partial charge is 0.246 e. The number of aliphatic hydroxyl groups excluding tert-OH is 1. The average Bonchev–Trinajstić information content (AvgIpc) is 2.40. The van der Waals surface area contributed by atoms with E-state index in [-0.39, 0.29) is 24.5 Å². The highest BCUT2D eigenvalue weighted by molar-refractivity contribution is 6.31. The number of hydrogen-bond acceptors (Lipinski definition) is 3. The minimum Gasteiger partial charge on any atom is -0.393 e. The summed E-state index contributed by atoms with van der Waals surface area (Å²) in [5.41, 5.74) is 0.859. The van der Waals surface area contributed by atoms with Crippen LogP contribution in [0.3, 0.4) is 0 Å². The maximum atomic E-state index is 11.5. The van der Waals surface area contributed by atoms with Gasteiger partial charge in [0.2, 0.25) is 5.91 Å². The lowest BCUT2D eigenvalue weighted by atomic mass is 10.0. The second-order valence-corrected chi connectivity index (χ2v) is 5.44. The van der Waals surface area contributed by atoms with Crippen molar-refractivity contribution in [3.8, 4) is 0 Å². The number of halogens is 1. The maximum absolute atomic E-state index is 11.5. The van der Waals surface area contributed by atoms with Crippen LogP contribution in [0, 0.1) is 5.92 Å². The molecule has 0 fully saturated rings. The number of carbonyl (C=O) groups is 1. The molecule has 0 heterocycles. The van der Waals surface area contributed by atoms with Crippen LogP contribution in [0.4, 0.5) is 0 Å². The first-order valence-corrected chi connectivity index (χ1v) is 7.14. The number of hydrogen-bond donors (Lipinski definition) is 2. The van der Waals surface area contributed by atoms with Crippen LogP contribution in [-0.2, 0) is 16.1 Å². The quantitative estimate of drug-likeness (QED) is 0.775. The Kier molecular flexibility index (Phi) is 7.59. The van der Waals surface area contributed by atoms with E-state index in [9.17, 15) is 9.90 Å². The fourth-order valence-electron chi connectivity index (χ4n) is 1.61. The third-order valence-electron chi connectivity index (χ3n) is 2.98. The van der Waals surface area contributed by atoms with Crippen molar-refractivity contribution in [2.24, 2.45) is 5.92 Å². The second-order valence-electron chi connectivity index (χ2n) is 5.03. The van der Waals surface area contributed by atoms with E-state index in [1.165, 1.54) is 0 Å². The van der Waals surface area contributed by atoms with Crippen molar-refractivity contribution in [2.75, 3.05) is 13.2 Å². The van der Waals surface area contributed by atoms with Gasteiger partial charge in [-0.1, -0.05) is 43.6 Å². The molecular weight excluding hydrogens is 278 g/mol. The second kappa shape index (κ2) is 8.95. The fourth-order valence-corrected chi connectivity index (χ4v) is 1.80. The lowest BCUT2D eigenvalue weighted by Gasteiger charge is -2.14. The van der Waals surface area contributed by atoms with Gasteiger partial charge in [-0.25, -0.2) is 0 Å². The molecule has 4 nitrogen and oxygen atoms in total. The summed E-state index contributed by atoms with van der Waals surface area (Å²) in [6.07, 6.45) is 0.160. The molecule has 0 aliphatic heterocycles. The number of aliphatic hydroxyl groups is 1. The third kappa shape index (κ3) is 6.37. The predicted molar refractivity (Wildman–Crippen MR) is 79.6 cm³/mol. The minimum absolute atomic E-state index is 0.0109. The summed E-state index contributed by atoms with van der Waals surface area (Å²) < 4.78 is 5.31. The zero-order valence-corrected chi connectivity index (χ0v) is 12.7. The van der Waals surface area contributed by atoms with Crippen molar-refractivity contribution >= 4 is 17.5 Å². The highest BCUT2D eigenvalue weighted by Gasteiger charge is 2.09. The molecule has 0 aliphatic carbocycles. The summed E-state index contributed by atoms with van der Waals surface area (Å²) in [5.74, 6) is 0.0105. The van der Waals surface area contributed by atoms with E-state index in [4.69, 9.17) is 16.3 Å². The van der Waals surface area contributed by atoms with E-state index in [0.717, 1.165) is 5.56 Å². The van der Waals surface area contributed by atoms with Gasteiger partial charge in [0.15, 0.2) is 0 Å². The van der Waals surface area contributed by atoms with Crippen molar-refractivity contribution in [1.82, 2.24) is 5.32 Å². The average molecular weight is 300 g/mol. The molecule has 0 saturated heterocycles. The molecule has 0 aliphatic rings. The van der Waals surface area contributed by atoms with E-state index < -0.39 is 0 Å². The van der Waals surface area contributed by atoms with Crippen molar-refractivity contribution in [3.05, 3.63) is 34.9 Å². The van der Waals surface area contributed by atoms with Gasteiger partial charge in [-0.15, -0.1) is 0 Å². The van der Waals surface area contributed by atoms with Crippen molar-refractivity contribution in [1.29, 1.82) is 0 Å². The van der Waals surface area contributed by atoms with Crippen LogP contribution in [0.1, 0.15) is 25.8 Å². The van der Waals surface area contributed by atoms with Gasteiger partial charge in [0.05, 0.1) is 12.7 Å². The summed E-state index contributed by atoms with van der Waals surface area (Å²) in [4.78, 5) is 11.5. The summed E-state index contributed by atoms with van der Waals surface area (Å²) >= 11 is 5.98. The van der Waals surface area contributed by atoms with Crippen LogP contribution >= 0.6 is 11.6 Å². The number of rotatable bonds is 8. The predicted octanol–water partition coefficient (Wildman–Crippen LogP) is 2.38. The molecule has 1 aromatic carbocycles. The molecule has 1 unspecified atom stereocenters. The molecule has 0 aromatic heterocycles.